The Morgan fingerprint density at radius 1 is 1.04 bits per heavy atom. The van der Waals surface area contributed by atoms with Crippen molar-refractivity contribution in [1.82, 2.24) is 5.32 Å². The molecule has 2 aromatic carbocycles. The highest BCUT2D eigenvalue weighted by atomic mass is 19.1. The summed E-state index contributed by atoms with van der Waals surface area (Å²) in [5.41, 5.74) is 0.795. The van der Waals surface area contributed by atoms with Gasteiger partial charge < -0.3 is 15.4 Å². The lowest BCUT2D eigenvalue weighted by Crippen LogP contribution is -2.40. The predicted molar refractivity (Wildman–Crippen MR) is 89.4 cm³/mol. The molecule has 2 rings (SSSR count). The minimum Gasteiger partial charge on any atom is -0.454 e. The van der Waals surface area contributed by atoms with Crippen molar-refractivity contribution in [2.24, 2.45) is 0 Å². The Morgan fingerprint density at radius 2 is 1.68 bits per heavy atom. The third-order valence-electron chi connectivity index (χ3n) is 3.21. The number of anilines is 1. The lowest BCUT2D eigenvalue weighted by Gasteiger charge is -2.13. The number of esters is 1. The van der Waals surface area contributed by atoms with Crippen LogP contribution in [0, 0.1) is 5.82 Å². The molecule has 2 amide bonds. The average molecular weight is 344 g/mol. The van der Waals surface area contributed by atoms with Gasteiger partial charge in [0.2, 0.25) is 0 Å². The van der Waals surface area contributed by atoms with Crippen LogP contribution in [-0.4, -0.2) is 30.4 Å². The third-order valence-corrected chi connectivity index (χ3v) is 3.21. The summed E-state index contributed by atoms with van der Waals surface area (Å²) < 4.78 is 17.6. The second-order valence-electron chi connectivity index (χ2n) is 5.22. The Labute approximate surface area is 144 Å². The van der Waals surface area contributed by atoms with Crippen molar-refractivity contribution in [3.8, 4) is 0 Å². The van der Waals surface area contributed by atoms with E-state index >= 15 is 0 Å². The number of hydrogen-bond acceptors (Lipinski definition) is 4. The maximum atomic E-state index is 12.8. The molecule has 2 N–H and O–H groups in total. The summed E-state index contributed by atoms with van der Waals surface area (Å²) in [6.45, 7) is 0.947. The van der Waals surface area contributed by atoms with Gasteiger partial charge in [-0.15, -0.1) is 0 Å². The first-order valence-electron chi connectivity index (χ1n) is 7.53. The molecule has 25 heavy (non-hydrogen) atoms. The van der Waals surface area contributed by atoms with Gasteiger partial charge in [0.15, 0.2) is 6.61 Å². The van der Waals surface area contributed by atoms with E-state index in [4.69, 9.17) is 4.74 Å². The molecule has 0 aliphatic heterocycles. The van der Waals surface area contributed by atoms with Crippen LogP contribution < -0.4 is 10.6 Å². The topological polar surface area (TPSA) is 84.5 Å². The number of ether oxygens (including phenoxy) is 1. The fourth-order valence-electron chi connectivity index (χ4n) is 1.92. The van der Waals surface area contributed by atoms with E-state index in [9.17, 15) is 18.8 Å². The molecule has 1 atom stereocenters. The Balaban J connectivity index is 1.78. The molecule has 0 unspecified atom stereocenters. The van der Waals surface area contributed by atoms with Crippen molar-refractivity contribution in [1.29, 1.82) is 0 Å². The SMILES string of the molecule is C[C@H](NC(=O)c1ccccc1)C(=O)OCC(=O)Nc1ccc(F)cc1. The van der Waals surface area contributed by atoms with Gasteiger partial charge in [-0.3, -0.25) is 9.59 Å². The molecule has 130 valence electrons. The van der Waals surface area contributed by atoms with Crippen molar-refractivity contribution in [2.45, 2.75) is 13.0 Å². The standard InChI is InChI=1S/C18H17FN2O4/c1-12(20-17(23)13-5-3-2-4-6-13)18(24)25-11-16(22)21-15-9-7-14(19)8-10-15/h2-10,12H,11H2,1H3,(H,20,23)(H,21,22)/t12-/m0/s1. The second kappa shape index (κ2) is 8.58. The van der Waals surface area contributed by atoms with Gasteiger partial charge in [-0.25, -0.2) is 9.18 Å². The van der Waals surface area contributed by atoms with E-state index in [0.717, 1.165) is 0 Å². The molecular weight excluding hydrogens is 327 g/mol. The Kier molecular flexibility index (Phi) is 6.22. The van der Waals surface area contributed by atoms with E-state index in [1.807, 2.05) is 0 Å². The zero-order chi connectivity index (χ0) is 18.2. The largest absolute Gasteiger partial charge is 0.454 e. The Morgan fingerprint density at radius 3 is 2.32 bits per heavy atom. The van der Waals surface area contributed by atoms with Crippen LogP contribution in [0.2, 0.25) is 0 Å². The van der Waals surface area contributed by atoms with E-state index in [1.54, 1.807) is 30.3 Å². The molecule has 0 heterocycles. The maximum Gasteiger partial charge on any atom is 0.328 e. The van der Waals surface area contributed by atoms with Crippen molar-refractivity contribution in [3.63, 3.8) is 0 Å². The molecule has 0 saturated heterocycles. The summed E-state index contributed by atoms with van der Waals surface area (Å²) in [7, 11) is 0. The van der Waals surface area contributed by atoms with Crippen LogP contribution in [0.15, 0.2) is 54.6 Å². The smallest absolute Gasteiger partial charge is 0.328 e. The van der Waals surface area contributed by atoms with Gasteiger partial charge in [-0.2, -0.15) is 0 Å². The van der Waals surface area contributed by atoms with Crippen LogP contribution in [-0.2, 0) is 14.3 Å². The number of amides is 2. The summed E-state index contributed by atoms with van der Waals surface area (Å²) in [6.07, 6.45) is 0. The number of benzene rings is 2. The monoisotopic (exact) mass is 344 g/mol. The zero-order valence-corrected chi connectivity index (χ0v) is 13.5. The lowest BCUT2D eigenvalue weighted by atomic mass is 10.2. The molecule has 0 aromatic heterocycles. The normalized spacial score (nSPS) is 11.3. The van der Waals surface area contributed by atoms with Crippen molar-refractivity contribution < 1.29 is 23.5 Å². The van der Waals surface area contributed by atoms with E-state index in [1.165, 1.54) is 31.2 Å². The number of halogens is 1. The molecule has 0 aliphatic rings. The minimum absolute atomic E-state index is 0.382. The highest BCUT2D eigenvalue weighted by Gasteiger charge is 2.19. The summed E-state index contributed by atoms with van der Waals surface area (Å²) in [6, 6.07) is 12.7. The number of carbonyl (C=O) groups excluding carboxylic acids is 3. The van der Waals surface area contributed by atoms with Crippen LogP contribution in [0.4, 0.5) is 10.1 Å². The molecule has 2 aromatic rings. The summed E-state index contributed by atoms with van der Waals surface area (Å²) in [4.78, 5) is 35.5. The van der Waals surface area contributed by atoms with Crippen molar-refractivity contribution in [2.75, 3.05) is 11.9 Å². The summed E-state index contributed by atoms with van der Waals surface area (Å²) in [5.74, 6) is -2.15. The quantitative estimate of drug-likeness (QED) is 0.786. The van der Waals surface area contributed by atoms with Gasteiger partial charge in [0.25, 0.3) is 11.8 Å². The van der Waals surface area contributed by atoms with E-state index < -0.39 is 36.2 Å². The average Bonchev–Trinajstić information content (AvgIpc) is 2.62. The number of rotatable bonds is 6. The number of nitrogens with one attached hydrogen (secondary N) is 2. The van der Waals surface area contributed by atoms with Crippen LogP contribution in [0.25, 0.3) is 0 Å². The van der Waals surface area contributed by atoms with Gasteiger partial charge in [0.05, 0.1) is 0 Å². The molecule has 6 nitrogen and oxygen atoms in total. The van der Waals surface area contributed by atoms with Gasteiger partial charge in [0, 0.05) is 11.3 Å². The number of carbonyl (C=O) groups is 3. The first-order valence-corrected chi connectivity index (χ1v) is 7.53. The zero-order valence-electron chi connectivity index (χ0n) is 13.5. The molecule has 0 spiro atoms. The Hall–Kier alpha value is -3.22. The van der Waals surface area contributed by atoms with Crippen LogP contribution >= 0.6 is 0 Å². The molecular formula is C18H17FN2O4. The van der Waals surface area contributed by atoms with Crippen LogP contribution in [0.1, 0.15) is 17.3 Å². The second-order valence-corrected chi connectivity index (χ2v) is 5.22. The highest BCUT2D eigenvalue weighted by Crippen LogP contribution is 2.08. The van der Waals surface area contributed by atoms with Gasteiger partial charge in [-0.05, 0) is 43.3 Å². The van der Waals surface area contributed by atoms with Gasteiger partial charge >= 0.3 is 5.97 Å². The molecule has 0 saturated carbocycles. The molecule has 7 heteroatoms. The van der Waals surface area contributed by atoms with Crippen LogP contribution in [0.3, 0.4) is 0 Å². The fourth-order valence-corrected chi connectivity index (χ4v) is 1.92. The summed E-state index contributed by atoms with van der Waals surface area (Å²) >= 11 is 0. The molecule has 0 radical (unpaired) electrons. The third kappa shape index (κ3) is 5.72. The molecule has 0 aliphatic carbocycles. The first-order chi connectivity index (χ1) is 12.0. The molecule has 0 fully saturated rings. The number of hydrogen-bond donors (Lipinski definition) is 2. The predicted octanol–water partition coefficient (Wildman–Crippen LogP) is 2.13. The fraction of sp³-hybridized carbons (Fsp3) is 0.167. The lowest BCUT2D eigenvalue weighted by molar-refractivity contribution is -0.148. The van der Waals surface area contributed by atoms with E-state index in [2.05, 4.69) is 10.6 Å². The maximum absolute atomic E-state index is 12.8. The van der Waals surface area contributed by atoms with Crippen LogP contribution in [0.5, 0.6) is 0 Å². The minimum atomic E-state index is -0.911. The van der Waals surface area contributed by atoms with E-state index in [-0.39, 0.29) is 0 Å². The Bertz CT molecular complexity index is 747. The van der Waals surface area contributed by atoms with Gasteiger partial charge in [0.1, 0.15) is 11.9 Å². The van der Waals surface area contributed by atoms with Crippen molar-refractivity contribution in [3.05, 3.63) is 66.0 Å². The first kappa shape index (κ1) is 18.1. The van der Waals surface area contributed by atoms with Gasteiger partial charge in [-0.1, -0.05) is 18.2 Å². The summed E-state index contributed by atoms with van der Waals surface area (Å²) in [5, 5.41) is 4.95. The molecule has 0 bridgehead atoms. The highest BCUT2D eigenvalue weighted by molar-refractivity contribution is 5.97. The van der Waals surface area contributed by atoms with E-state index in [0.29, 0.717) is 11.3 Å². The van der Waals surface area contributed by atoms with Crippen molar-refractivity contribution >= 4 is 23.5 Å².